The van der Waals surface area contributed by atoms with Crippen molar-refractivity contribution in [2.24, 2.45) is 0 Å². The molecule has 0 spiro atoms. The van der Waals surface area contributed by atoms with E-state index in [9.17, 15) is 0 Å². The molecule has 2 nitrogen and oxygen atoms in total. The number of benzene rings is 1. The van der Waals surface area contributed by atoms with E-state index in [-0.39, 0.29) is 0 Å². The molecule has 1 atom stereocenters. The fraction of sp³-hybridized carbons (Fsp3) is 0.625. The van der Waals surface area contributed by atoms with Crippen LogP contribution >= 0.6 is 0 Å². The molecule has 1 fully saturated rings. The van der Waals surface area contributed by atoms with Gasteiger partial charge in [0, 0.05) is 11.6 Å². The Kier molecular flexibility index (Phi) is 3.55. The number of methoxy groups -OCH3 is 1. The summed E-state index contributed by atoms with van der Waals surface area (Å²) in [6.45, 7) is 1.15. The molecular formula is C16H23NO. The van der Waals surface area contributed by atoms with E-state index >= 15 is 0 Å². The van der Waals surface area contributed by atoms with Crippen LogP contribution in [0.3, 0.4) is 0 Å². The van der Waals surface area contributed by atoms with E-state index in [1.54, 1.807) is 18.2 Å². The Hall–Kier alpha value is -1.02. The number of ether oxygens (including phenoxy) is 1. The summed E-state index contributed by atoms with van der Waals surface area (Å²) in [4.78, 5) is 0. The first kappa shape index (κ1) is 12.0. The van der Waals surface area contributed by atoms with Crippen molar-refractivity contribution < 1.29 is 4.74 Å². The molecule has 1 aliphatic carbocycles. The smallest absolute Gasteiger partial charge is 0.123 e. The molecular weight excluding hydrogens is 222 g/mol. The highest BCUT2D eigenvalue weighted by Crippen LogP contribution is 2.37. The van der Waals surface area contributed by atoms with E-state index in [1.807, 2.05) is 0 Å². The molecule has 0 saturated carbocycles. The number of hydrogen-bond donors (Lipinski definition) is 1. The van der Waals surface area contributed by atoms with Crippen molar-refractivity contribution in [1.82, 2.24) is 5.32 Å². The van der Waals surface area contributed by atoms with Crippen molar-refractivity contribution >= 4 is 0 Å². The topological polar surface area (TPSA) is 21.3 Å². The van der Waals surface area contributed by atoms with Crippen LogP contribution in [0.4, 0.5) is 0 Å². The maximum absolute atomic E-state index is 5.62. The van der Waals surface area contributed by atoms with Crippen LogP contribution < -0.4 is 10.1 Å². The summed E-state index contributed by atoms with van der Waals surface area (Å²) in [7, 11) is 1.80. The van der Waals surface area contributed by atoms with Crippen LogP contribution in [0.15, 0.2) is 12.1 Å². The Bertz CT molecular complexity index is 421. The van der Waals surface area contributed by atoms with E-state index in [0.29, 0.717) is 6.04 Å². The molecule has 98 valence electrons. The summed E-state index contributed by atoms with van der Waals surface area (Å²) in [5.74, 6) is 1.09. The van der Waals surface area contributed by atoms with Crippen LogP contribution in [-0.2, 0) is 12.8 Å². The van der Waals surface area contributed by atoms with Gasteiger partial charge in [0.15, 0.2) is 0 Å². The van der Waals surface area contributed by atoms with Crippen molar-refractivity contribution in [2.45, 2.75) is 51.0 Å². The SMILES string of the molecule is COc1ccc2c(c1C1CCCN1)CCCCC2. The molecule has 1 N–H and O–H groups in total. The van der Waals surface area contributed by atoms with Crippen LogP contribution in [0.5, 0.6) is 5.75 Å². The summed E-state index contributed by atoms with van der Waals surface area (Å²) < 4.78 is 5.62. The zero-order valence-corrected chi connectivity index (χ0v) is 11.3. The first-order valence-electron chi connectivity index (χ1n) is 7.32. The third kappa shape index (κ3) is 2.14. The van der Waals surface area contributed by atoms with Crippen molar-refractivity contribution in [1.29, 1.82) is 0 Å². The number of fused-ring (bicyclic) bond motifs is 1. The van der Waals surface area contributed by atoms with Gasteiger partial charge in [0.2, 0.25) is 0 Å². The minimum absolute atomic E-state index is 0.521. The molecule has 1 aliphatic heterocycles. The lowest BCUT2D eigenvalue weighted by Crippen LogP contribution is -2.16. The standard InChI is InChI=1S/C16H23NO/c1-18-15-10-9-12-6-3-2-4-7-13(12)16(15)14-8-5-11-17-14/h9-10,14,17H,2-8,11H2,1H3. The number of aryl methyl sites for hydroxylation is 1. The largest absolute Gasteiger partial charge is 0.496 e. The fourth-order valence-electron chi connectivity index (χ4n) is 3.50. The van der Waals surface area contributed by atoms with Crippen molar-refractivity contribution in [3.63, 3.8) is 0 Å². The van der Waals surface area contributed by atoms with Gasteiger partial charge in [-0.05, 0) is 62.3 Å². The Morgan fingerprint density at radius 2 is 2.00 bits per heavy atom. The van der Waals surface area contributed by atoms with Gasteiger partial charge in [0.25, 0.3) is 0 Å². The van der Waals surface area contributed by atoms with E-state index in [4.69, 9.17) is 4.74 Å². The lowest BCUT2D eigenvalue weighted by atomic mass is 9.91. The van der Waals surface area contributed by atoms with Crippen LogP contribution in [-0.4, -0.2) is 13.7 Å². The molecule has 1 unspecified atom stereocenters. The Labute approximate surface area is 110 Å². The average molecular weight is 245 g/mol. The maximum atomic E-state index is 5.62. The average Bonchev–Trinajstić information content (AvgIpc) is 2.82. The van der Waals surface area contributed by atoms with Gasteiger partial charge in [-0.2, -0.15) is 0 Å². The summed E-state index contributed by atoms with van der Waals surface area (Å²) in [5, 5.41) is 3.64. The van der Waals surface area contributed by atoms with Crippen molar-refractivity contribution in [3.05, 3.63) is 28.8 Å². The lowest BCUT2D eigenvalue weighted by Gasteiger charge is -2.21. The zero-order valence-electron chi connectivity index (χ0n) is 11.3. The zero-order chi connectivity index (χ0) is 12.4. The quantitative estimate of drug-likeness (QED) is 0.806. The van der Waals surface area contributed by atoms with Gasteiger partial charge in [-0.1, -0.05) is 12.5 Å². The van der Waals surface area contributed by atoms with Crippen LogP contribution in [0.25, 0.3) is 0 Å². The van der Waals surface area contributed by atoms with Gasteiger partial charge in [0.05, 0.1) is 7.11 Å². The Morgan fingerprint density at radius 3 is 2.78 bits per heavy atom. The highest BCUT2D eigenvalue weighted by molar-refractivity contribution is 5.48. The second-order valence-electron chi connectivity index (χ2n) is 5.53. The first-order chi connectivity index (χ1) is 8.90. The summed E-state index contributed by atoms with van der Waals surface area (Å²) in [6.07, 6.45) is 9.08. The normalized spacial score (nSPS) is 23.5. The van der Waals surface area contributed by atoms with Gasteiger partial charge in [0.1, 0.15) is 5.75 Å². The minimum Gasteiger partial charge on any atom is -0.496 e. The predicted molar refractivity (Wildman–Crippen MR) is 74.2 cm³/mol. The van der Waals surface area contributed by atoms with Crippen LogP contribution in [0.1, 0.15) is 54.8 Å². The van der Waals surface area contributed by atoms with E-state index in [0.717, 1.165) is 12.3 Å². The minimum atomic E-state index is 0.521. The molecule has 3 rings (SSSR count). The van der Waals surface area contributed by atoms with Crippen LogP contribution in [0.2, 0.25) is 0 Å². The van der Waals surface area contributed by atoms with E-state index in [1.165, 1.54) is 50.5 Å². The summed E-state index contributed by atoms with van der Waals surface area (Å²) in [5.41, 5.74) is 4.62. The molecule has 1 saturated heterocycles. The molecule has 2 aliphatic rings. The molecule has 0 radical (unpaired) electrons. The van der Waals surface area contributed by atoms with Gasteiger partial charge >= 0.3 is 0 Å². The highest BCUT2D eigenvalue weighted by atomic mass is 16.5. The number of hydrogen-bond acceptors (Lipinski definition) is 2. The van der Waals surface area contributed by atoms with Crippen molar-refractivity contribution in [2.75, 3.05) is 13.7 Å². The highest BCUT2D eigenvalue weighted by Gasteiger charge is 2.25. The van der Waals surface area contributed by atoms with E-state index < -0.39 is 0 Å². The molecule has 0 bridgehead atoms. The molecule has 1 heterocycles. The van der Waals surface area contributed by atoms with Gasteiger partial charge in [-0.15, -0.1) is 0 Å². The third-order valence-corrected chi connectivity index (χ3v) is 4.42. The van der Waals surface area contributed by atoms with Gasteiger partial charge < -0.3 is 10.1 Å². The number of rotatable bonds is 2. The molecule has 0 amide bonds. The molecule has 2 heteroatoms. The lowest BCUT2D eigenvalue weighted by molar-refractivity contribution is 0.402. The second kappa shape index (κ2) is 5.31. The summed E-state index contributed by atoms with van der Waals surface area (Å²) in [6, 6.07) is 4.99. The molecule has 0 aromatic heterocycles. The molecule has 1 aromatic rings. The predicted octanol–water partition coefficient (Wildman–Crippen LogP) is 3.39. The van der Waals surface area contributed by atoms with Gasteiger partial charge in [-0.25, -0.2) is 0 Å². The molecule has 1 aromatic carbocycles. The van der Waals surface area contributed by atoms with Gasteiger partial charge in [-0.3, -0.25) is 0 Å². The number of nitrogens with one attached hydrogen (secondary N) is 1. The third-order valence-electron chi connectivity index (χ3n) is 4.42. The fourth-order valence-corrected chi connectivity index (χ4v) is 3.50. The Morgan fingerprint density at radius 1 is 1.11 bits per heavy atom. The van der Waals surface area contributed by atoms with Crippen molar-refractivity contribution in [3.8, 4) is 5.75 Å². The maximum Gasteiger partial charge on any atom is 0.123 e. The Balaban J connectivity index is 2.06. The first-order valence-corrected chi connectivity index (χ1v) is 7.32. The summed E-state index contributed by atoms with van der Waals surface area (Å²) >= 11 is 0. The molecule has 18 heavy (non-hydrogen) atoms. The second-order valence-corrected chi connectivity index (χ2v) is 5.53. The van der Waals surface area contributed by atoms with E-state index in [2.05, 4.69) is 17.4 Å². The monoisotopic (exact) mass is 245 g/mol. The van der Waals surface area contributed by atoms with Crippen LogP contribution in [0, 0.1) is 0 Å².